The Kier molecular flexibility index (Phi) is 2.60. The van der Waals surface area contributed by atoms with Crippen molar-refractivity contribution < 1.29 is 0 Å². The van der Waals surface area contributed by atoms with Crippen LogP contribution in [-0.4, -0.2) is 4.98 Å². The third kappa shape index (κ3) is 1.93. The number of nitrogens with zero attached hydrogens (tertiary/aromatic N) is 2. The lowest BCUT2D eigenvalue weighted by Gasteiger charge is -2.00. The molecule has 0 aliphatic rings. The lowest BCUT2D eigenvalue weighted by atomic mass is 10.1. The van der Waals surface area contributed by atoms with E-state index in [1.54, 1.807) is 6.20 Å². The van der Waals surface area contributed by atoms with Crippen molar-refractivity contribution in [2.75, 3.05) is 0 Å². The molecule has 0 spiro atoms. The first-order valence-corrected chi connectivity index (χ1v) is 3.72. The van der Waals surface area contributed by atoms with Gasteiger partial charge in [-0.05, 0) is 30.2 Å². The summed E-state index contributed by atoms with van der Waals surface area (Å²) in [5.41, 5.74) is 2.80. The van der Waals surface area contributed by atoms with Gasteiger partial charge in [-0.1, -0.05) is 6.58 Å². The Labute approximate surface area is 72.2 Å². The first-order chi connectivity index (χ1) is 5.74. The average Bonchev–Trinajstić information content (AvgIpc) is 2.05. The second-order valence-corrected chi connectivity index (χ2v) is 2.62. The zero-order valence-corrected chi connectivity index (χ0v) is 7.04. The van der Waals surface area contributed by atoms with Gasteiger partial charge in [0.15, 0.2) is 0 Å². The van der Waals surface area contributed by atoms with E-state index >= 15 is 0 Å². The molecule has 1 aromatic rings. The summed E-state index contributed by atoms with van der Waals surface area (Å²) in [6.45, 7) is 5.73. The molecule has 2 nitrogen and oxygen atoms in total. The van der Waals surface area contributed by atoms with Gasteiger partial charge >= 0.3 is 0 Å². The highest BCUT2D eigenvalue weighted by Gasteiger charge is 1.97. The molecule has 0 aliphatic heterocycles. The Balaban J connectivity index is 2.90. The van der Waals surface area contributed by atoms with Crippen LogP contribution >= 0.6 is 0 Å². The molecule has 0 saturated heterocycles. The summed E-state index contributed by atoms with van der Waals surface area (Å²) in [5.74, 6) is 0. The van der Waals surface area contributed by atoms with E-state index in [1.165, 1.54) is 0 Å². The summed E-state index contributed by atoms with van der Waals surface area (Å²) < 4.78 is 0. The number of allylic oxidation sites excluding steroid dienone is 1. The van der Waals surface area contributed by atoms with Gasteiger partial charge in [0.2, 0.25) is 0 Å². The Bertz CT molecular complexity index is 334. The fraction of sp³-hybridized carbons (Fsp3) is 0.200. The summed E-state index contributed by atoms with van der Waals surface area (Å²) in [7, 11) is 0. The average molecular weight is 158 g/mol. The number of aryl methyl sites for hydroxylation is 1. The molecule has 0 N–H and O–H groups in total. The summed E-state index contributed by atoms with van der Waals surface area (Å²) in [6, 6.07) is 5.86. The Morgan fingerprint density at radius 3 is 3.08 bits per heavy atom. The lowest BCUT2D eigenvalue weighted by Crippen LogP contribution is -1.85. The highest BCUT2D eigenvalue weighted by atomic mass is 14.6. The first kappa shape index (κ1) is 8.48. The van der Waals surface area contributed by atoms with Gasteiger partial charge in [-0.2, -0.15) is 5.26 Å². The fourth-order valence-corrected chi connectivity index (χ4v) is 0.963. The summed E-state index contributed by atoms with van der Waals surface area (Å²) >= 11 is 0. The lowest BCUT2D eigenvalue weighted by molar-refractivity contribution is 1.19. The van der Waals surface area contributed by atoms with Gasteiger partial charge in [0, 0.05) is 11.9 Å². The van der Waals surface area contributed by atoms with Crippen LogP contribution in [0.1, 0.15) is 17.7 Å². The second kappa shape index (κ2) is 3.68. The van der Waals surface area contributed by atoms with Gasteiger partial charge in [-0.3, -0.25) is 4.98 Å². The molecular weight excluding hydrogens is 148 g/mol. The third-order valence-electron chi connectivity index (χ3n) is 1.60. The molecule has 1 aromatic heterocycles. The molecule has 60 valence electrons. The summed E-state index contributed by atoms with van der Waals surface area (Å²) in [6.07, 6.45) is 2.11. The maximum Gasteiger partial charge on any atom is 0.0669 e. The monoisotopic (exact) mass is 158 g/mol. The highest BCUT2D eigenvalue weighted by Crippen LogP contribution is 2.14. The number of hydrogen-bond acceptors (Lipinski definition) is 2. The van der Waals surface area contributed by atoms with Crippen LogP contribution < -0.4 is 0 Å². The van der Waals surface area contributed by atoms with Crippen LogP contribution in [0.5, 0.6) is 0 Å². The minimum atomic E-state index is 0.378. The predicted octanol–water partition coefficient (Wildman–Crippen LogP) is 2.32. The number of aromatic nitrogens is 1. The van der Waals surface area contributed by atoms with Crippen LogP contribution in [0.4, 0.5) is 0 Å². The smallest absolute Gasteiger partial charge is 0.0669 e. The normalized spacial score (nSPS) is 9.00. The molecule has 1 rings (SSSR count). The zero-order chi connectivity index (χ0) is 8.97. The molecule has 1 heterocycles. The van der Waals surface area contributed by atoms with Crippen molar-refractivity contribution in [3.05, 3.63) is 36.2 Å². The Morgan fingerprint density at radius 1 is 1.75 bits per heavy atom. The maximum absolute atomic E-state index is 8.44. The van der Waals surface area contributed by atoms with Crippen LogP contribution in [-0.2, 0) is 0 Å². The van der Waals surface area contributed by atoms with Crippen LogP contribution in [0.2, 0.25) is 0 Å². The topological polar surface area (TPSA) is 36.7 Å². The minimum Gasteiger partial charge on any atom is -0.262 e. The maximum atomic E-state index is 8.44. The van der Waals surface area contributed by atoms with Crippen molar-refractivity contribution in [2.45, 2.75) is 13.3 Å². The number of pyridine rings is 1. The number of hydrogen-bond donors (Lipinski definition) is 0. The molecule has 0 atom stereocenters. The van der Waals surface area contributed by atoms with Crippen LogP contribution in [0.3, 0.4) is 0 Å². The van der Waals surface area contributed by atoms with E-state index in [0.29, 0.717) is 6.42 Å². The summed E-state index contributed by atoms with van der Waals surface area (Å²) in [5, 5.41) is 8.44. The molecule has 0 saturated carbocycles. The SMILES string of the molecule is C=C(CC#N)c1ccnc(C)c1. The molecule has 0 bridgehead atoms. The molecule has 0 radical (unpaired) electrons. The number of rotatable bonds is 2. The predicted molar refractivity (Wildman–Crippen MR) is 48.2 cm³/mol. The van der Waals surface area contributed by atoms with E-state index in [2.05, 4.69) is 17.6 Å². The Morgan fingerprint density at radius 2 is 2.50 bits per heavy atom. The molecule has 2 heteroatoms. The number of nitriles is 1. The van der Waals surface area contributed by atoms with Gasteiger partial charge in [-0.15, -0.1) is 0 Å². The van der Waals surface area contributed by atoms with Crippen molar-refractivity contribution in [1.82, 2.24) is 4.98 Å². The first-order valence-electron chi connectivity index (χ1n) is 3.72. The van der Waals surface area contributed by atoms with Crippen molar-refractivity contribution in [3.8, 4) is 6.07 Å². The van der Waals surface area contributed by atoms with Crippen molar-refractivity contribution in [3.63, 3.8) is 0 Å². The third-order valence-corrected chi connectivity index (χ3v) is 1.60. The Hall–Kier alpha value is -1.62. The van der Waals surface area contributed by atoms with Gasteiger partial charge in [0.1, 0.15) is 0 Å². The molecule has 12 heavy (non-hydrogen) atoms. The molecule has 0 fully saturated rings. The standard InChI is InChI=1S/C10H10N2/c1-8(3-5-11)10-4-6-12-9(2)7-10/h4,6-7H,1,3H2,2H3. The van der Waals surface area contributed by atoms with Crippen LogP contribution in [0, 0.1) is 18.3 Å². The van der Waals surface area contributed by atoms with Crippen LogP contribution in [0.25, 0.3) is 5.57 Å². The fourth-order valence-electron chi connectivity index (χ4n) is 0.963. The minimum absolute atomic E-state index is 0.378. The second-order valence-electron chi connectivity index (χ2n) is 2.62. The van der Waals surface area contributed by atoms with Gasteiger partial charge in [0.05, 0.1) is 12.5 Å². The summed E-state index contributed by atoms with van der Waals surface area (Å²) in [4.78, 5) is 4.06. The van der Waals surface area contributed by atoms with Gasteiger partial charge in [-0.25, -0.2) is 0 Å². The zero-order valence-electron chi connectivity index (χ0n) is 7.04. The molecule has 0 unspecified atom stereocenters. The van der Waals surface area contributed by atoms with E-state index in [9.17, 15) is 0 Å². The molecule has 0 aromatic carbocycles. The largest absolute Gasteiger partial charge is 0.262 e. The van der Waals surface area contributed by atoms with Crippen molar-refractivity contribution in [2.24, 2.45) is 0 Å². The van der Waals surface area contributed by atoms with Crippen LogP contribution in [0.15, 0.2) is 24.9 Å². The quantitative estimate of drug-likeness (QED) is 0.662. The van der Waals surface area contributed by atoms with E-state index in [1.807, 2.05) is 19.1 Å². The van der Waals surface area contributed by atoms with Gasteiger partial charge < -0.3 is 0 Å². The van der Waals surface area contributed by atoms with Crippen molar-refractivity contribution >= 4 is 5.57 Å². The van der Waals surface area contributed by atoms with Gasteiger partial charge in [0.25, 0.3) is 0 Å². The van der Waals surface area contributed by atoms with E-state index in [0.717, 1.165) is 16.8 Å². The highest BCUT2D eigenvalue weighted by molar-refractivity contribution is 5.64. The molecular formula is C10H10N2. The van der Waals surface area contributed by atoms with Crippen molar-refractivity contribution in [1.29, 1.82) is 5.26 Å². The molecule has 0 aliphatic carbocycles. The van der Waals surface area contributed by atoms with E-state index in [-0.39, 0.29) is 0 Å². The van der Waals surface area contributed by atoms with E-state index < -0.39 is 0 Å². The van der Waals surface area contributed by atoms with E-state index in [4.69, 9.17) is 5.26 Å². The molecule has 0 amide bonds.